The van der Waals surface area contributed by atoms with Crippen molar-refractivity contribution >= 4 is 33.0 Å². The van der Waals surface area contributed by atoms with Gasteiger partial charge in [-0.3, -0.25) is 9.20 Å². The average Bonchev–Trinajstić information content (AvgIpc) is 3.09. The summed E-state index contributed by atoms with van der Waals surface area (Å²) < 4.78 is 36.7. The maximum atomic E-state index is 13.0. The minimum absolute atomic E-state index is 0.0666. The number of fused-ring (bicyclic) bond motifs is 1. The highest BCUT2D eigenvalue weighted by Gasteiger charge is 2.35. The van der Waals surface area contributed by atoms with Gasteiger partial charge in [0, 0.05) is 17.8 Å². The van der Waals surface area contributed by atoms with Gasteiger partial charge in [-0.15, -0.1) is 0 Å². The van der Waals surface area contributed by atoms with Gasteiger partial charge in [0.05, 0.1) is 35.0 Å². The third-order valence-electron chi connectivity index (χ3n) is 5.69. The lowest BCUT2D eigenvalue weighted by Crippen LogP contribution is -2.51. The molecule has 1 fully saturated rings. The van der Waals surface area contributed by atoms with Gasteiger partial charge in [0.25, 0.3) is 11.8 Å². The lowest BCUT2D eigenvalue weighted by Gasteiger charge is -2.34. The number of hydrogen-bond acceptors (Lipinski definition) is 7. The molecule has 0 unspecified atom stereocenters. The van der Waals surface area contributed by atoms with Crippen molar-refractivity contribution in [2.75, 3.05) is 18.1 Å². The van der Waals surface area contributed by atoms with E-state index in [1.54, 1.807) is 35.7 Å². The molecule has 0 aliphatic carbocycles. The number of nitrogens with zero attached hydrogens (tertiary/aromatic N) is 3. The third-order valence-corrected chi connectivity index (χ3v) is 7.55. The molecule has 1 aliphatic heterocycles. The lowest BCUT2D eigenvalue weighted by atomic mass is 9.94. The summed E-state index contributed by atoms with van der Waals surface area (Å²) in [4.78, 5) is 21.7. The molecule has 1 aliphatic rings. The third kappa shape index (κ3) is 5.06. The van der Waals surface area contributed by atoms with E-state index in [9.17, 15) is 13.2 Å². The van der Waals surface area contributed by atoms with Crippen molar-refractivity contribution in [1.82, 2.24) is 19.7 Å². The lowest BCUT2D eigenvalue weighted by molar-refractivity contribution is 0.0894. The number of aryl methyl sites for hydroxylation is 1. The molecule has 4 rings (SSSR count). The molecule has 3 aromatic rings. The van der Waals surface area contributed by atoms with Gasteiger partial charge < -0.3 is 14.8 Å². The van der Waals surface area contributed by atoms with Crippen LogP contribution in [-0.4, -0.2) is 52.3 Å². The summed E-state index contributed by atoms with van der Waals surface area (Å²) in [7, 11) is -3.03. The molecule has 11 heteroatoms. The van der Waals surface area contributed by atoms with E-state index in [2.05, 4.69) is 15.3 Å². The van der Waals surface area contributed by atoms with E-state index in [-0.39, 0.29) is 29.0 Å². The van der Waals surface area contributed by atoms with Gasteiger partial charge >= 0.3 is 0 Å². The number of nitrogens with one attached hydrogen (secondary N) is 1. The van der Waals surface area contributed by atoms with Crippen molar-refractivity contribution < 1.29 is 22.7 Å². The van der Waals surface area contributed by atoms with Crippen LogP contribution in [0.3, 0.4) is 0 Å². The molecular weight excluding hydrogens is 468 g/mol. The molecule has 0 bridgehead atoms. The van der Waals surface area contributed by atoms with E-state index in [0.717, 1.165) is 0 Å². The topological polar surface area (TPSA) is 112 Å². The van der Waals surface area contributed by atoms with Crippen LogP contribution in [0.5, 0.6) is 17.4 Å². The normalized spacial score (nSPS) is 17.0. The Balaban J connectivity index is 1.57. The standard InChI is InChI=1S/C22H25ClN4O5S/c1-4-31-17-11-15(23)12-24-21(17)32-16-5-6-18-25-19(14(2)27(18)13-16)20(28)26-22(3)7-9-33(29,30)10-8-22/h5-6,11-13H,4,7-10H2,1-3H3,(H,26,28). The molecule has 0 spiro atoms. The Morgan fingerprint density at radius 2 is 2.03 bits per heavy atom. The van der Waals surface area contributed by atoms with E-state index in [0.29, 0.717) is 47.3 Å². The number of carbonyl (C=O) groups excluding carboxylic acids is 1. The van der Waals surface area contributed by atoms with E-state index < -0.39 is 15.4 Å². The molecule has 1 N–H and O–H groups in total. The Labute approximate surface area is 197 Å². The van der Waals surface area contributed by atoms with Crippen molar-refractivity contribution in [3.05, 3.63) is 47.0 Å². The minimum atomic E-state index is -3.03. The van der Waals surface area contributed by atoms with Gasteiger partial charge in [-0.2, -0.15) is 0 Å². The van der Waals surface area contributed by atoms with Crippen LogP contribution in [0.2, 0.25) is 5.02 Å². The summed E-state index contributed by atoms with van der Waals surface area (Å²) >= 11 is 6.00. The highest BCUT2D eigenvalue weighted by molar-refractivity contribution is 7.91. The summed E-state index contributed by atoms with van der Waals surface area (Å²) in [6.45, 7) is 5.94. The Hall–Kier alpha value is -2.85. The summed E-state index contributed by atoms with van der Waals surface area (Å²) in [5.41, 5.74) is 0.903. The summed E-state index contributed by atoms with van der Waals surface area (Å²) in [6.07, 6.45) is 3.94. The van der Waals surface area contributed by atoms with Crippen LogP contribution < -0.4 is 14.8 Å². The summed E-state index contributed by atoms with van der Waals surface area (Å²) in [6, 6.07) is 5.10. The van der Waals surface area contributed by atoms with Gasteiger partial charge in [0.1, 0.15) is 26.9 Å². The van der Waals surface area contributed by atoms with Gasteiger partial charge in [-0.05, 0) is 45.7 Å². The predicted molar refractivity (Wildman–Crippen MR) is 124 cm³/mol. The molecule has 1 amide bonds. The van der Waals surface area contributed by atoms with Gasteiger partial charge in [-0.1, -0.05) is 11.6 Å². The van der Waals surface area contributed by atoms with Crippen LogP contribution in [0, 0.1) is 6.92 Å². The molecule has 4 heterocycles. The van der Waals surface area contributed by atoms with Crippen LogP contribution in [0.4, 0.5) is 0 Å². The zero-order valence-corrected chi connectivity index (χ0v) is 20.2. The van der Waals surface area contributed by atoms with Crippen molar-refractivity contribution in [3.63, 3.8) is 0 Å². The average molecular weight is 493 g/mol. The number of halogens is 1. The predicted octanol–water partition coefficient (Wildman–Crippen LogP) is 3.58. The molecule has 176 valence electrons. The first-order chi connectivity index (χ1) is 15.6. The van der Waals surface area contributed by atoms with E-state index in [4.69, 9.17) is 21.1 Å². The Morgan fingerprint density at radius 3 is 2.73 bits per heavy atom. The Kier molecular flexibility index (Phi) is 6.24. The summed E-state index contributed by atoms with van der Waals surface area (Å²) in [5, 5.41) is 3.42. The quantitative estimate of drug-likeness (QED) is 0.559. The monoisotopic (exact) mass is 492 g/mol. The van der Waals surface area contributed by atoms with Gasteiger partial charge in [0.15, 0.2) is 5.75 Å². The zero-order valence-electron chi connectivity index (χ0n) is 18.6. The van der Waals surface area contributed by atoms with Crippen LogP contribution in [0.1, 0.15) is 42.9 Å². The van der Waals surface area contributed by atoms with Crippen molar-refractivity contribution in [3.8, 4) is 17.4 Å². The molecule has 0 radical (unpaired) electrons. The molecule has 9 nitrogen and oxygen atoms in total. The van der Waals surface area contributed by atoms with Gasteiger partial charge in [-0.25, -0.2) is 18.4 Å². The molecule has 0 atom stereocenters. The fourth-order valence-electron chi connectivity index (χ4n) is 3.72. The second-order valence-corrected chi connectivity index (χ2v) is 11.0. The number of carbonyl (C=O) groups is 1. The number of rotatable bonds is 6. The maximum absolute atomic E-state index is 13.0. The van der Waals surface area contributed by atoms with E-state index in [1.165, 1.54) is 6.20 Å². The number of amides is 1. The van der Waals surface area contributed by atoms with Crippen LogP contribution >= 0.6 is 11.6 Å². The minimum Gasteiger partial charge on any atom is -0.488 e. The first-order valence-corrected chi connectivity index (χ1v) is 12.8. The number of imidazole rings is 1. The summed E-state index contributed by atoms with van der Waals surface area (Å²) in [5.74, 6) is 0.981. The largest absolute Gasteiger partial charge is 0.488 e. The maximum Gasteiger partial charge on any atom is 0.272 e. The van der Waals surface area contributed by atoms with Crippen LogP contribution in [0.25, 0.3) is 5.65 Å². The second kappa shape index (κ2) is 8.83. The number of ether oxygens (including phenoxy) is 2. The van der Waals surface area contributed by atoms with Crippen molar-refractivity contribution in [2.24, 2.45) is 0 Å². The Morgan fingerprint density at radius 1 is 1.30 bits per heavy atom. The number of sulfone groups is 1. The second-order valence-electron chi connectivity index (χ2n) is 8.30. The van der Waals surface area contributed by atoms with Crippen molar-refractivity contribution in [2.45, 2.75) is 39.2 Å². The first-order valence-electron chi connectivity index (χ1n) is 10.6. The smallest absolute Gasteiger partial charge is 0.272 e. The molecule has 0 saturated carbocycles. The first kappa shape index (κ1) is 23.3. The van der Waals surface area contributed by atoms with Crippen molar-refractivity contribution in [1.29, 1.82) is 0 Å². The number of aromatic nitrogens is 3. The molecule has 3 aromatic heterocycles. The highest BCUT2D eigenvalue weighted by atomic mass is 35.5. The fourth-order valence-corrected chi connectivity index (χ4v) is 5.60. The Bertz CT molecular complexity index is 1310. The molecule has 0 aromatic carbocycles. The molecule has 33 heavy (non-hydrogen) atoms. The fraction of sp³-hybridized carbons (Fsp3) is 0.409. The van der Waals surface area contributed by atoms with E-state index in [1.807, 2.05) is 13.8 Å². The number of hydrogen-bond donors (Lipinski definition) is 1. The van der Waals surface area contributed by atoms with E-state index >= 15 is 0 Å². The van der Waals surface area contributed by atoms with Crippen LogP contribution in [0.15, 0.2) is 30.6 Å². The molecular formula is C22H25ClN4O5S. The number of pyridine rings is 2. The molecule has 1 saturated heterocycles. The highest BCUT2D eigenvalue weighted by Crippen LogP contribution is 2.32. The SMILES string of the molecule is CCOc1cc(Cl)cnc1Oc1ccc2nc(C(=O)NC3(C)CCS(=O)(=O)CC3)c(C)n2c1. The zero-order chi connectivity index (χ0) is 23.8. The van der Waals surface area contributed by atoms with Gasteiger partial charge in [0.2, 0.25) is 0 Å². The van der Waals surface area contributed by atoms with Crippen LogP contribution in [-0.2, 0) is 9.84 Å².